The maximum atomic E-state index is 12.2. The number of Topliss-reactive ketones (excluding diaryl/α,β-unsaturated/α-hetero) is 1. The van der Waals surface area contributed by atoms with Crippen molar-refractivity contribution >= 4 is 5.78 Å². The van der Waals surface area contributed by atoms with Crippen molar-refractivity contribution < 1.29 is 9.90 Å². The molecule has 232 valence electrons. The Morgan fingerprint density at radius 1 is 0.762 bits per heavy atom. The Morgan fingerprint density at radius 3 is 1.93 bits per heavy atom. The number of aliphatic hydroxyl groups excluding tert-OH is 1. The summed E-state index contributed by atoms with van der Waals surface area (Å²) in [7, 11) is 0. The Labute approximate surface area is 258 Å². The maximum Gasteiger partial charge on any atom is 0.158 e. The Kier molecular flexibility index (Phi) is 14.0. The summed E-state index contributed by atoms with van der Waals surface area (Å²) in [4.78, 5) is 12.2. The second-order valence-electron chi connectivity index (χ2n) is 14.5. The predicted molar refractivity (Wildman–Crippen MR) is 183 cm³/mol. The average Bonchev–Trinajstić information content (AvgIpc) is 2.87. The highest BCUT2D eigenvalue weighted by molar-refractivity contribution is 5.97. The van der Waals surface area contributed by atoms with E-state index in [9.17, 15) is 9.90 Å². The summed E-state index contributed by atoms with van der Waals surface area (Å²) in [6.07, 6.45) is 32.1. The second kappa shape index (κ2) is 16.4. The average molecular weight is 573 g/mol. The molecule has 2 aliphatic rings. The number of hydrogen-bond donors (Lipinski definition) is 1. The number of hydrogen-bond acceptors (Lipinski definition) is 2. The van der Waals surface area contributed by atoms with Crippen LogP contribution in [0.4, 0.5) is 0 Å². The summed E-state index contributed by atoms with van der Waals surface area (Å²) in [5.41, 5.74) is 4.97. The van der Waals surface area contributed by atoms with E-state index in [1.165, 1.54) is 16.7 Å². The highest BCUT2D eigenvalue weighted by Crippen LogP contribution is 2.41. The van der Waals surface area contributed by atoms with Crippen LogP contribution in [0.25, 0.3) is 0 Å². The molecule has 4 unspecified atom stereocenters. The molecule has 0 spiro atoms. The fourth-order valence-corrected chi connectivity index (χ4v) is 6.24. The summed E-state index contributed by atoms with van der Waals surface area (Å²) >= 11 is 0. The minimum atomic E-state index is -0.211. The van der Waals surface area contributed by atoms with Gasteiger partial charge in [0.15, 0.2) is 5.78 Å². The van der Waals surface area contributed by atoms with Gasteiger partial charge in [0.25, 0.3) is 0 Å². The summed E-state index contributed by atoms with van der Waals surface area (Å²) < 4.78 is 0. The van der Waals surface area contributed by atoms with Crippen molar-refractivity contribution in [3.8, 4) is 0 Å². The Balaban J connectivity index is 1.76. The first-order valence-corrected chi connectivity index (χ1v) is 16.3. The van der Waals surface area contributed by atoms with E-state index in [1.807, 2.05) is 6.92 Å². The molecule has 42 heavy (non-hydrogen) atoms. The van der Waals surface area contributed by atoms with E-state index >= 15 is 0 Å². The van der Waals surface area contributed by atoms with Crippen LogP contribution in [0.2, 0.25) is 0 Å². The third kappa shape index (κ3) is 11.7. The zero-order chi connectivity index (χ0) is 31.5. The van der Waals surface area contributed by atoms with Gasteiger partial charge in [-0.2, -0.15) is 0 Å². The molecule has 1 N–H and O–H groups in total. The first-order valence-electron chi connectivity index (χ1n) is 16.3. The molecule has 0 bridgehead atoms. The maximum absolute atomic E-state index is 12.2. The van der Waals surface area contributed by atoms with Gasteiger partial charge in [-0.1, -0.05) is 134 Å². The van der Waals surface area contributed by atoms with Crippen LogP contribution in [0.3, 0.4) is 0 Å². The van der Waals surface area contributed by atoms with Gasteiger partial charge in [0, 0.05) is 6.42 Å². The minimum Gasteiger partial charge on any atom is -0.393 e. The van der Waals surface area contributed by atoms with Gasteiger partial charge in [0.1, 0.15) is 0 Å². The Bertz CT molecular complexity index is 1140. The fraction of sp³-hybridized carbons (Fsp3) is 0.575. The lowest BCUT2D eigenvalue weighted by molar-refractivity contribution is -0.116. The van der Waals surface area contributed by atoms with Gasteiger partial charge >= 0.3 is 0 Å². The van der Waals surface area contributed by atoms with Crippen molar-refractivity contribution in [2.24, 2.45) is 34.5 Å². The SMILES string of the molecule is CC1=C(/C=C/C(C)/C=C/CC(C)/C=C/C=C/C(C)/C=C/CC(C)/C=C/C2=C(C)C(=O)CCC2(C)C)C(C)(C)C[C@H](O)C1. The molecule has 2 rings (SSSR count). The molecule has 0 fully saturated rings. The van der Waals surface area contributed by atoms with E-state index in [4.69, 9.17) is 0 Å². The van der Waals surface area contributed by atoms with Gasteiger partial charge in [-0.05, 0) is 97.2 Å². The molecule has 0 heterocycles. The number of rotatable bonds is 13. The third-order valence-electron chi connectivity index (χ3n) is 9.02. The van der Waals surface area contributed by atoms with Gasteiger partial charge in [-0.3, -0.25) is 4.79 Å². The number of carbonyl (C=O) groups is 1. The van der Waals surface area contributed by atoms with Crippen LogP contribution < -0.4 is 0 Å². The number of ketones is 1. The molecule has 2 nitrogen and oxygen atoms in total. The summed E-state index contributed by atoms with van der Waals surface area (Å²) in [5.74, 6) is 2.01. The van der Waals surface area contributed by atoms with Crippen LogP contribution in [0, 0.1) is 34.5 Å². The molecule has 0 aromatic carbocycles. The van der Waals surface area contributed by atoms with Crippen molar-refractivity contribution in [1.82, 2.24) is 0 Å². The van der Waals surface area contributed by atoms with Crippen molar-refractivity contribution in [1.29, 1.82) is 0 Å². The minimum absolute atomic E-state index is 0.0322. The van der Waals surface area contributed by atoms with E-state index in [1.54, 1.807) is 0 Å². The molecule has 0 amide bonds. The molecule has 0 aromatic heterocycles. The summed E-state index contributed by atoms with van der Waals surface area (Å²) in [6.45, 7) is 22.1. The van der Waals surface area contributed by atoms with Crippen LogP contribution in [0.5, 0.6) is 0 Å². The van der Waals surface area contributed by atoms with E-state index in [0.29, 0.717) is 35.9 Å². The van der Waals surface area contributed by atoms with Crippen molar-refractivity contribution in [3.05, 3.63) is 95.2 Å². The van der Waals surface area contributed by atoms with Gasteiger partial charge in [0.2, 0.25) is 0 Å². The van der Waals surface area contributed by atoms with Gasteiger partial charge in [0.05, 0.1) is 6.10 Å². The van der Waals surface area contributed by atoms with Gasteiger partial charge < -0.3 is 5.11 Å². The standard InChI is InChI=1S/C40H60O2/c1-29(17-13-19-31(3)21-23-36-33(5)27-35(41)28-40(36,9)10)15-11-12-16-30(2)18-14-20-32(4)22-24-37-34(6)38(42)25-26-39(37,7)8/h11-16,18-19,21-24,29-32,35,41H,17,20,25-28H2,1-10H3/b15-11+,16-12+,18-14+,19-13+,23-21+,24-22+/t29?,30?,31?,32?,35-/m1/s1. The van der Waals surface area contributed by atoms with Crippen LogP contribution in [-0.4, -0.2) is 17.0 Å². The molecular formula is C40H60O2. The fourth-order valence-electron chi connectivity index (χ4n) is 6.24. The zero-order valence-corrected chi connectivity index (χ0v) is 28.4. The Morgan fingerprint density at radius 2 is 1.31 bits per heavy atom. The molecule has 5 atom stereocenters. The smallest absolute Gasteiger partial charge is 0.158 e. The van der Waals surface area contributed by atoms with Crippen molar-refractivity contribution in [3.63, 3.8) is 0 Å². The monoisotopic (exact) mass is 572 g/mol. The number of carbonyl (C=O) groups excluding carboxylic acids is 1. The van der Waals surface area contributed by atoms with Crippen LogP contribution >= 0.6 is 0 Å². The highest BCUT2D eigenvalue weighted by Gasteiger charge is 2.32. The molecule has 0 saturated carbocycles. The highest BCUT2D eigenvalue weighted by atomic mass is 16.3. The van der Waals surface area contributed by atoms with Crippen molar-refractivity contribution in [2.45, 2.75) is 114 Å². The summed E-state index contributed by atoms with van der Waals surface area (Å²) in [6, 6.07) is 0. The van der Waals surface area contributed by atoms with Crippen LogP contribution in [0.1, 0.15) is 108 Å². The van der Waals surface area contributed by atoms with Gasteiger partial charge in [-0.25, -0.2) is 0 Å². The molecule has 2 heteroatoms. The second-order valence-corrected chi connectivity index (χ2v) is 14.5. The largest absolute Gasteiger partial charge is 0.393 e. The van der Waals surface area contributed by atoms with E-state index in [0.717, 1.165) is 37.7 Å². The topological polar surface area (TPSA) is 37.3 Å². The molecule has 0 saturated heterocycles. The third-order valence-corrected chi connectivity index (χ3v) is 9.02. The number of aliphatic hydroxyl groups is 1. The van der Waals surface area contributed by atoms with E-state index in [2.05, 4.69) is 135 Å². The van der Waals surface area contributed by atoms with E-state index in [-0.39, 0.29) is 16.9 Å². The quantitative estimate of drug-likeness (QED) is 0.176. The molecular weight excluding hydrogens is 512 g/mol. The molecule has 0 radical (unpaired) electrons. The van der Waals surface area contributed by atoms with E-state index < -0.39 is 0 Å². The normalized spacial score (nSPS) is 24.8. The predicted octanol–water partition coefficient (Wildman–Crippen LogP) is 10.9. The summed E-state index contributed by atoms with van der Waals surface area (Å²) in [5, 5.41) is 10.1. The molecule has 0 aromatic rings. The van der Waals surface area contributed by atoms with Crippen molar-refractivity contribution in [2.75, 3.05) is 0 Å². The first kappa shape index (κ1) is 35.7. The molecule has 0 aliphatic heterocycles. The lowest BCUT2D eigenvalue weighted by Gasteiger charge is -2.35. The molecule has 2 aliphatic carbocycles. The Hall–Kier alpha value is -2.45. The first-order chi connectivity index (χ1) is 19.6. The number of allylic oxidation sites excluding steroid dienone is 15. The van der Waals surface area contributed by atoms with Crippen LogP contribution in [0.15, 0.2) is 95.2 Å². The van der Waals surface area contributed by atoms with Crippen LogP contribution in [-0.2, 0) is 4.79 Å². The lowest BCUT2D eigenvalue weighted by atomic mass is 9.71. The lowest BCUT2D eigenvalue weighted by Crippen LogP contribution is -2.28. The van der Waals surface area contributed by atoms with Gasteiger partial charge in [-0.15, -0.1) is 0 Å². The zero-order valence-electron chi connectivity index (χ0n) is 28.4.